The predicted octanol–water partition coefficient (Wildman–Crippen LogP) is 3.32. The number of hydrogen-bond acceptors (Lipinski definition) is 4. The van der Waals surface area contributed by atoms with Crippen molar-refractivity contribution in [2.45, 2.75) is 19.6 Å². The first kappa shape index (κ1) is 19.2. The van der Waals surface area contributed by atoms with E-state index in [4.69, 9.17) is 21.6 Å². The minimum atomic E-state index is -0.531. The van der Waals surface area contributed by atoms with E-state index in [9.17, 15) is 4.79 Å². The molecule has 27 heavy (non-hydrogen) atoms. The molecule has 1 amide bonds. The third-order valence-electron chi connectivity index (χ3n) is 4.65. The molecule has 3 rings (SSSR count). The van der Waals surface area contributed by atoms with Gasteiger partial charge in [-0.2, -0.15) is 5.26 Å². The minimum Gasteiger partial charge on any atom is -0.481 e. The topological polar surface area (TPSA) is 56.6 Å². The summed E-state index contributed by atoms with van der Waals surface area (Å²) >= 11 is 5.87. The van der Waals surface area contributed by atoms with Gasteiger partial charge in [-0.3, -0.25) is 9.69 Å². The van der Waals surface area contributed by atoms with Gasteiger partial charge < -0.3 is 9.64 Å². The molecule has 0 radical (unpaired) electrons. The molecule has 2 aromatic carbocycles. The van der Waals surface area contributed by atoms with Crippen LogP contribution in [0.15, 0.2) is 48.5 Å². The number of benzene rings is 2. The molecular weight excluding hydrogens is 362 g/mol. The Balaban J connectivity index is 1.48. The molecule has 2 aromatic rings. The lowest BCUT2D eigenvalue weighted by Crippen LogP contribution is -2.51. The van der Waals surface area contributed by atoms with Crippen LogP contribution in [0.1, 0.15) is 18.1 Å². The first-order valence-electron chi connectivity index (χ1n) is 8.97. The molecule has 0 aliphatic carbocycles. The van der Waals surface area contributed by atoms with Crippen molar-refractivity contribution in [1.82, 2.24) is 9.80 Å². The number of ether oxygens (including phenoxy) is 1. The van der Waals surface area contributed by atoms with Crippen LogP contribution in [-0.4, -0.2) is 48.0 Å². The molecule has 0 bridgehead atoms. The molecular formula is C21H22ClN3O2. The normalized spacial score (nSPS) is 15.8. The summed E-state index contributed by atoms with van der Waals surface area (Å²) < 4.78 is 5.74. The number of carbonyl (C=O) groups excluding carboxylic acids is 1. The van der Waals surface area contributed by atoms with Gasteiger partial charge in [-0.25, -0.2) is 0 Å². The molecule has 1 heterocycles. The van der Waals surface area contributed by atoms with Gasteiger partial charge in [0.2, 0.25) is 0 Å². The van der Waals surface area contributed by atoms with E-state index in [0.29, 0.717) is 29.4 Å². The Hall–Kier alpha value is -2.55. The first-order chi connectivity index (χ1) is 13.0. The van der Waals surface area contributed by atoms with Crippen molar-refractivity contribution in [2.75, 3.05) is 26.2 Å². The molecule has 0 spiro atoms. The number of carbonyl (C=O) groups is 1. The molecule has 1 aliphatic heterocycles. The molecule has 0 saturated carbocycles. The van der Waals surface area contributed by atoms with E-state index in [1.807, 2.05) is 29.2 Å². The summed E-state index contributed by atoms with van der Waals surface area (Å²) in [6, 6.07) is 16.8. The average molecular weight is 384 g/mol. The molecule has 1 saturated heterocycles. The highest BCUT2D eigenvalue weighted by molar-refractivity contribution is 6.30. The maximum Gasteiger partial charge on any atom is 0.263 e. The second-order valence-corrected chi connectivity index (χ2v) is 7.06. The second kappa shape index (κ2) is 8.90. The Labute approximate surface area is 164 Å². The number of amides is 1. The Morgan fingerprint density at radius 2 is 1.74 bits per heavy atom. The highest BCUT2D eigenvalue weighted by Crippen LogP contribution is 2.18. The summed E-state index contributed by atoms with van der Waals surface area (Å²) in [5.74, 6) is 0.641. The van der Waals surface area contributed by atoms with Crippen molar-refractivity contribution >= 4 is 17.5 Å². The van der Waals surface area contributed by atoms with E-state index >= 15 is 0 Å². The van der Waals surface area contributed by atoms with Gasteiger partial charge in [0.1, 0.15) is 5.75 Å². The molecule has 1 aliphatic rings. The summed E-state index contributed by atoms with van der Waals surface area (Å²) in [5.41, 5.74) is 1.84. The van der Waals surface area contributed by atoms with Gasteiger partial charge in [0.15, 0.2) is 6.10 Å². The van der Waals surface area contributed by atoms with Crippen molar-refractivity contribution in [2.24, 2.45) is 0 Å². The van der Waals surface area contributed by atoms with Gasteiger partial charge >= 0.3 is 0 Å². The van der Waals surface area contributed by atoms with Crippen molar-refractivity contribution in [3.05, 3.63) is 64.7 Å². The predicted molar refractivity (Wildman–Crippen MR) is 105 cm³/mol. The molecule has 1 fully saturated rings. The Kier molecular flexibility index (Phi) is 6.33. The van der Waals surface area contributed by atoms with Crippen LogP contribution >= 0.6 is 11.6 Å². The SMILES string of the molecule is CC(Oc1ccc(Cl)cc1)C(=O)N1CCN(Cc2ccc(C#N)cc2)CC1. The summed E-state index contributed by atoms with van der Waals surface area (Å²) in [5, 5.41) is 9.51. The summed E-state index contributed by atoms with van der Waals surface area (Å²) in [7, 11) is 0. The van der Waals surface area contributed by atoms with E-state index in [2.05, 4.69) is 11.0 Å². The van der Waals surface area contributed by atoms with Gasteiger partial charge in [-0.05, 0) is 48.9 Å². The van der Waals surface area contributed by atoms with Crippen LogP contribution in [0.2, 0.25) is 5.02 Å². The van der Waals surface area contributed by atoms with Crippen LogP contribution in [0, 0.1) is 11.3 Å². The van der Waals surface area contributed by atoms with Crippen LogP contribution in [0.3, 0.4) is 0 Å². The number of nitriles is 1. The zero-order chi connectivity index (χ0) is 19.2. The molecule has 1 atom stereocenters. The lowest BCUT2D eigenvalue weighted by atomic mass is 10.1. The Morgan fingerprint density at radius 3 is 2.33 bits per heavy atom. The minimum absolute atomic E-state index is 0.00275. The number of halogens is 1. The van der Waals surface area contributed by atoms with Gasteiger partial charge in [-0.1, -0.05) is 23.7 Å². The van der Waals surface area contributed by atoms with E-state index in [1.165, 1.54) is 5.56 Å². The zero-order valence-electron chi connectivity index (χ0n) is 15.3. The van der Waals surface area contributed by atoms with Crippen molar-refractivity contribution < 1.29 is 9.53 Å². The maximum absolute atomic E-state index is 12.6. The van der Waals surface area contributed by atoms with Gasteiger partial charge in [-0.15, -0.1) is 0 Å². The second-order valence-electron chi connectivity index (χ2n) is 6.62. The summed E-state index contributed by atoms with van der Waals surface area (Å²) in [6.45, 7) is 5.61. The Morgan fingerprint density at radius 1 is 1.11 bits per heavy atom. The molecule has 140 valence electrons. The van der Waals surface area contributed by atoms with E-state index in [1.54, 1.807) is 31.2 Å². The number of hydrogen-bond donors (Lipinski definition) is 0. The highest BCUT2D eigenvalue weighted by Gasteiger charge is 2.26. The third-order valence-corrected chi connectivity index (χ3v) is 4.90. The maximum atomic E-state index is 12.6. The van der Waals surface area contributed by atoms with Crippen molar-refractivity contribution in [3.63, 3.8) is 0 Å². The van der Waals surface area contributed by atoms with Crippen LogP contribution in [-0.2, 0) is 11.3 Å². The molecule has 5 nitrogen and oxygen atoms in total. The average Bonchev–Trinajstić information content (AvgIpc) is 2.70. The largest absolute Gasteiger partial charge is 0.481 e. The van der Waals surface area contributed by atoms with Crippen molar-refractivity contribution in [3.8, 4) is 11.8 Å². The van der Waals surface area contributed by atoms with E-state index in [-0.39, 0.29) is 5.91 Å². The van der Waals surface area contributed by atoms with Gasteiger partial charge in [0, 0.05) is 37.7 Å². The fraction of sp³-hybridized carbons (Fsp3) is 0.333. The monoisotopic (exact) mass is 383 g/mol. The number of piperazine rings is 1. The number of nitrogens with zero attached hydrogens (tertiary/aromatic N) is 3. The molecule has 1 unspecified atom stereocenters. The summed E-state index contributed by atoms with van der Waals surface area (Å²) in [6.07, 6.45) is -0.531. The van der Waals surface area contributed by atoms with Crippen LogP contribution in [0.5, 0.6) is 5.75 Å². The van der Waals surface area contributed by atoms with Gasteiger partial charge in [0.05, 0.1) is 11.6 Å². The molecule has 0 aromatic heterocycles. The Bertz CT molecular complexity index is 807. The first-order valence-corrected chi connectivity index (χ1v) is 9.35. The fourth-order valence-corrected chi connectivity index (χ4v) is 3.22. The van der Waals surface area contributed by atoms with Gasteiger partial charge in [0.25, 0.3) is 5.91 Å². The zero-order valence-corrected chi connectivity index (χ0v) is 16.0. The van der Waals surface area contributed by atoms with Crippen LogP contribution in [0.25, 0.3) is 0 Å². The molecule has 6 heteroatoms. The van der Waals surface area contributed by atoms with E-state index in [0.717, 1.165) is 19.6 Å². The lowest BCUT2D eigenvalue weighted by molar-refractivity contribution is -0.139. The van der Waals surface area contributed by atoms with Crippen LogP contribution < -0.4 is 4.74 Å². The van der Waals surface area contributed by atoms with Crippen molar-refractivity contribution in [1.29, 1.82) is 5.26 Å². The van der Waals surface area contributed by atoms with Crippen LogP contribution in [0.4, 0.5) is 0 Å². The standard InChI is InChI=1S/C21H22ClN3O2/c1-16(27-20-8-6-19(22)7-9-20)21(26)25-12-10-24(11-13-25)15-18-4-2-17(14-23)3-5-18/h2-9,16H,10-13,15H2,1H3. The smallest absolute Gasteiger partial charge is 0.263 e. The highest BCUT2D eigenvalue weighted by atomic mass is 35.5. The van der Waals surface area contributed by atoms with E-state index < -0.39 is 6.10 Å². The molecule has 0 N–H and O–H groups in total. The third kappa shape index (κ3) is 5.22. The quantitative estimate of drug-likeness (QED) is 0.794. The fourth-order valence-electron chi connectivity index (χ4n) is 3.09. The lowest BCUT2D eigenvalue weighted by Gasteiger charge is -2.35. The summed E-state index contributed by atoms with van der Waals surface area (Å²) in [4.78, 5) is 16.8. The number of rotatable bonds is 5.